The van der Waals surface area contributed by atoms with Gasteiger partial charge in [0.15, 0.2) is 0 Å². The molecule has 8 heteroatoms. The van der Waals surface area contributed by atoms with Gasteiger partial charge in [0.25, 0.3) is 5.56 Å². The van der Waals surface area contributed by atoms with Gasteiger partial charge in [-0.2, -0.15) is 0 Å². The molecule has 2 N–H and O–H groups in total. The molecule has 0 fully saturated rings. The van der Waals surface area contributed by atoms with Gasteiger partial charge in [0.2, 0.25) is 11.8 Å². The molecule has 0 spiro atoms. The number of rotatable bonds is 7. The molecule has 2 amide bonds. The first kappa shape index (κ1) is 23.0. The molecule has 0 aliphatic heterocycles. The maximum absolute atomic E-state index is 12.9. The Morgan fingerprint density at radius 1 is 0.906 bits per heavy atom. The number of carbonyl (C=O) groups is 2. The number of benzene rings is 2. The number of hydrogen-bond acceptors (Lipinski definition) is 4. The van der Waals surface area contributed by atoms with Crippen molar-refractivity contribution in [2.24, 2.45) is 7.05 Å². The van der Waals surface area contributed by atoms with Crippen LogP contribution < -0.4 is 16.2 Å². The summed E-state index contributed by atoms with van der Waals surface area (Å²) in [5.74, 6) is -0.575. The van der Waals surface area contributed by atoms with Crippen LogP contribution >= 0.6 is 0 Å². The van der Waals surface area contributed by atoms with E-state index in [0.717, 1.165) is 16.8 Å². The van der Waals surface area contributed by atoms with Crippen LogP contribution in [-0.4, -0.2) is 46.2 Å². The second-order valence-electron chi connectivity index (χ2n) is 7.95. The van der Waals surface area contributed by atoms with Crippen molar-refractivity contribution in [1.82, 2.24) is 14.3 Å². The number of anilines is 2. The molecule has 0 aliphatic carbocycles. The van der Waals surface area contributed by atoms with Crippen molar-refractivity contribution in [3.8, 4) is 5.69 Å². The molecule has 3 rings (SSSR count). The lowest BCUT2D eigenvalue weighted by Crippen LogP contribution is -2.37. The van der Waals surface area contributed by atoms with Gasteiger partial charge >= 0.3 is 0 Å². The molecular formula is C24H29N5O3. The molecule has 2 aromatic carbocycles. The van der Waals surface area contributed by atoms with Crippen LogP contribution in [0, 0.1) is 20.8 Å². The van der Waals surface area contributed by atoms with Gasteiger partial charge in [0.05, 0.1) is 24.5 Å². The fourth-order valence-electron chi connectivity index (χ4n) is 3.51. The normalized spacial score (nSPS) is 10.9. The third-order valence-corrected chi connectivity index (χ3v) is 5.52. The van der Waals surface area contributed by atoms with Crippen molar-refractivity contribution in [2.75, 3.05) is 30.8 Å². The number of aryl methyl sites for hydroxylation is 1. The highest BCUT2D eigenvalue weighted by molar-refractivity contribution is 5.95. The number of para-hydroxylation sites is 1. The largest absolute Gasteiger partial charge is 0.325 e. The van der Waals surface area contributed by atoms with Crippen molar-refractivity contribution in [3.63, 3.8) is 0 Å². The smallest absolute Gasteiger partial charge is 0.295 e. The van der Waals surface area contributed by atoms with Gasteiger partial charge in [-0.25, -0.2) is 4.68 Å². The highest BCUT2D eigenvalue weighted by Crippen LogP contribution is 2.18. The molecule has 3 aromatic rings. The van der Waals surface area contributed by atoms with Gasteiger partial charge in [-0.3, -0.25) is 24.0 Å². The van der Waals surface area contributed by atoms with Gasteiger partial charge in [-0.15, -0.1) is 0 Å². The summed E-state index contributed by atoms with van der Waals surface area (Å²) in [7, 11) is 3.45. The van der Waals surface area contributed by atoms with Gasteiger partial charge in [0.1, 0.15) is 5.69 Å². The van der Waals surface area contributed by atoms with Gasteiger partial charge in [0, 0.05) is 12.7 Å². The Balaban J connectivity index is 1.64. The van der Waals surface area contributed by atoms with Crippen molar-refractivity contribution in [1.29, 1.82) is 0 Å². The molecule has 0 saturated heterocycles. The maximum Gasteiger partial charge on any atom is 0.295 e. The molecule has 32 heavy (non-hydrogen) atoms. The van der Waals surface area contributed by atoms with E-state index < -0.39 is 0 Å². The molecule has 0 saturated carbocycles. The number of hydrogen-bond donors (Lipinski definition) is 2. The molecule has 8 nitrogen and oxygen atoms in total. The Labute approximate surface area is 187 Å². The Hall–Kier alpha value is -3.65. The van der Waals surface area contributed by atoms with Gasteiger partial charge in [-0.1, -0.05) is 30.3 Å². The summed E-state index contributed by atoms with van der Waals surface area (Å²) in [4.78, 5) is 39.5. The molecule has 1 heterocycles. The lowest BCUT2D eigenvalue weighted by molar-refractivity contribution is -0.119. The summed E-state index contributed by atoms with van der Waals surface area (Å²) in [6, 6.07) is 14.9. The van der Waals surface area contributed by atoms with Gasteiger partial charge in [-0.05, 0) is 57.1 Å². The summed E-state index contributed by atoms with van der Waals surface area (Å²) in [6.45, 7) is 5.73. The highest BCUT2D eigenvalue weighted by Gasteiger charge is 2.19. The summed E-state index contributed by atoms with van der Waals surface area (Å²) >= 11 is 0. The quantitative estimate of drug-likeness (QED) is 0.597. The second kappa shape index (κ2) is 9.65. The molecule has 0 atom stereocenters. The van der Waals surface area contributed by atoms with E-state index in [1.165, 1.54) is 4.68 Å². The van der Waals surface area contributed by atoms with E-state index in [1.807, 2.05) is 62.4 Å². The minimum Gasteiger partial charge on any atom is -0.325 e. The molecule has 0 radical (unpaired) electrons. The first-order valence-corrected chi connectivity index (χ1v) is 10.4. The Morgan fingerprint density at radius 2 is 1.53 bits per heavy atom. The minimum atomic E-state index is -0.363. The SMILES string of the molecule is Cc1cccc(NC(=O)CN(C)CC(=O)Nc2c(C)n(C)n(-c3ccccc3)c2=O)c1C. The monoisotopic (exact) mass is 435 g/mol. The number of nitrogens with zero attached hydrogens (tertiary/aromatic N) is 3. The summed E-state index contributed by atoms with van der Waals surface area (Å²) in [5.41, 5.74) is 4.14. The first-order chi connectivity index (χ1) is 15.2. The maximum atomic E-state index is 12.9. The topological polar surface area (TPSA) is 88.4 Å². The minimum absolute atomic E-state index is 0.0284. The van der Waals surface area contributed by atoms with Crippen LogP contribution in [0.5, 0.6) is 0 Å². The van der Waals surface area contributed by atoms with Crippen LogP contribution in [0.1, 0.15) is 16.8 Å². The third-order valence-electron chi connectivity index (χ3n) is 5.52. The van der Waals surface area contributed by atoms with E-state index in [1.54, 1.807) is 30.6 Å². The lowest BCUT2D eigenvalue weighted by atomic mass is 10.1. The number of likely N-dealkylation sites (N-methyl/N-ethyl adjacent to an activating group) is 1. The van der Waals surface area contributed by atoms with E-state index in [-0.39, 0.29) is 36.2 Å². The molecule has 0 bridgehead atoms. The predicted molar refractivity (Wildman–Crippen MR) is 126 cm³/mol. The molecule has 168 valence electrons. The molecule has 0 aliphatic rings. The Kier molecular flexibility index (Phi) is 6.95. The Bertz CT molecular complexity index is 1190. The number of amides is 2. The van der Waals surface area contributed by atoms with E-state index in [9.17, 15) is 14.4 Å². The number of aromatic nitrogens is 2. The van der Waals surface area contributed by atoms with Crippen molar-refractivity contribution in [3.05, 3.63) is 75.7 Å². The zero-order valence-electron chi connectivity index (χ0n) is 19.1. The van der Waals surface area contributed by atoms with Crippen LogP contribution in [0.15, 0.2) is 53.3 Å². The zero-order valence-corrected chi connectivity index (χ0v) is 19.1. The molecule has 1 aromatic heterocycles. The second-order valence-corrected chi connectivity index (χ2v) is 7.95. The summed E-state index contributed by atoms with van der Waals surface area (Å²) in [5, 5.41) is 5.60. The highest BCUT2D eigenvalue weighted by atomic mass is 16.2. The van der Waals surface area contributed by atoms with Crippen molar-refractivity contribution >= 4 is 23.2 Å². The molecular weight excluding hydrogens is 406 g/mol. The average Bonchev–Trinajstić information content (AvgIpc) is 2.95. The van der Waals surface area contributed by atoms with E-state index in [2.05, 4.69) is 10.6 Å². The fraction of sp³-hybridized carbons (Fsp3) is 0.292. The average molecular weight is 436 g/mol. The lowest BCUT2D eigenvalue weighted by Gasteiger charge is -2.17. The van der Waals surface area contributed by atoms with Crippen LogP contribution in [0.3, 0.4) is 0 Å². The number of nitrogens with one attached hydrogen (secondary N) is 2. The summed E-state index contributed by atoms with van der Waals surface area (Å²) in [6.07, 6.45) is 0. The van der Waals surface area contributed by atoms with Crippen molar-refractivity contribution in [2.45, 2.75) is 20.8 Å². The fourth-order valence-corrected chi connectivity index (χ4v) is 3.51. The first-order valence-electron chi connectivity index (χ1n) is 10.4. The van der Waals surface area contributed by atoms with Crippen LogP contribution in [-0.2, 0) is 16.6 Å². The zero-order chi connectivity index (χ0) is 23.4. The van der Waals surface area contributed by atoms with Crippen LogP contribution in [0.4, 0.5) is 11.4 Å². The van der Waals surface area contributed by atoms with E-state index >= 15 is 0 Å². The Morgan fingerprint density at radius 3 is 2.19 bits per heavy atom. The third kappa shape index (κ3) is 4.97. The number of carbonyl (C=O) groups excluding carboxylic acids is 2. The van der Waals surface area contributed by atoms with E-state index in [4.69, 9.17) is 0 Å². The molecule has 0 unspecified atom stereocenters. The van der Waals surface area contributed by atoms with Gasteiger partial charge < -0.3 is 10.6 Å². The van der Waals surface area contributed by atoms with Crippen LogP contribution in [0.25, 0.3) is 5.69 Å². The standard InChI is InChI=1S/C24H29N5O3/c1-16-10-9-13-20(17(16)2)25-21(30)14-27(4)15-22(31)26-23-18(3)28(5)29(24(23)32)19-11-7-6-8-12-19/h6-13H,14-15H2,1-5H3,(H,25,30)(H,26,31). The predicted octanol–water partition coefficient (Wildman–Crippen LogP) is 2.61. The van der Waals surface area contributed by atoms with E-state index in [0.29, 0.717) is 11.4 Å². The van der Waals surface area contributed by atoms with Crippen molar-refractivity contribution < 1.29 is 9.59 Å². The summed E-state index contributed by atoms with van der Waals surface area (Å²) < 4.78 is 3.21. The van der Waals surface area contributed by atoms with Crippen LogP contribution in [0.2, 0.25) is 0 Å².